The number of aliphatic hydroxyl groups is 1. The van der Waals surface area contributed by atoms with Crippen molar-refractivity contribution in [3.8, 4) is 16.9 Å². The maximum Gasteiger partial charge on any atom is 0.147 e. The molecule has 0 saturated carbocycles. The summed E-state index contributed by atoms with van der Waals surface area (Å²) in [6.07, 6.45) is 0. The number of rotatable bonds is 6. The zero-order chi connectivity index (χ0) is 15.9. The molecule has 2 rings (SSSR count). The van der Waals surface area contributed by atoms with Gasteiger partial charge in [-0.3, -0.25) is 0 Å². The Morgan fingerprint density at radius 1 is 1.09 bits per heavy atom. The average molecular weight is 300 g/mol. The molecule has 5 heteroatoms. The maximum absolute atomic E-state index is 9.39. The van der Waals surface area contributed by atoms with Gasteiger partial charge < -0.3 is 14.7 Å². The molecule has 0 spiro atoms. The summed E-state index contributed by atoms with van der Waals surface area (Å²) in [4.78, 5) is 4.87. The van der Waals surface area contributed by atoms with Crippen LogP contribution in [0.15, 0.2) is 46.8 Å². The zero-order valence-electron chi connectivity index (χ0n) is 13.0. The van der Waals surface area contributed by atoms with E-state index in [-0.39, 0.29) is 6.61 Å². The number of nitrogens with zero attached hydrogens (tertiary/aromatic N) is 2. The van der Waals surface area contributed by atoms with Gasteiger partial charge >= 0.3 is 0 Å². The number of aliphatic hydroxyl groups excluding tert-OH is 1. The molecule has 116 valence electrons. The van der Waals surface area contributed by atoms with Gasteiger partial charge in [-0.1, -0.05) is 18.2 Å². The monoisotopic (exact) mass is 300 g/mol. The molecule has 2 aromatic rings. The molecule has 0 amide bonds. The lowest BCUT2D eigenvalue weighted by Crippen LogP contribution is -1.90. The second-order valence-electron chi connectivity index (χ2n) is 4.79. The van der Waals surface area contributed by atoms with Crippen LogP contribution in [0.2, 0.25) is 0 Å². The number of hydrogen-bond donors (Lipinski definition) is 1. The van der Waals surface area contributed by atoms with Gasteiger partial charge in [0, 0.05) is 5.28 Å². The summed E-state index contributed by atoms with van der Waals surface area (Å²) in [5, 5.41) is 17.0. The largest absolute Gasteiger partial charge is 0.494 e. The van der Waals surface area contributed by atoms with Gasteiger partial charge in [0.05, 0.1) is 13.7 Å². The quantitative estimate of drug-likeness (QED) is 0.642. The summed E-state index contributed by atoms with van der Waals surface area (Å²) in [5.74, 6) is 0.618. The molecule has 0 aliphatic carbocycles. The maximum atomic E-state index is 9.39. The van der Waals surface area contributed by atoms with E-state index < -0.39 is 0 Å². The van der Waals surface area contributed by atoms with E-state index in [1.165, 1.54) is 0 Å². The van der Waals surface area contributed by atoms with Gasteiger partial charge in [0.1, 0.15) is 18.0 Å². The van der Waals surface area contributed by atoms with Crippen molar-refractivity contribution in [2.75, 3.05) is 13.7 Å². The Bertz CT molecular complexity index is 669. The number of benzene rings is 2. The fourth-order valence-corrected chi connectivity index (χ4v) is 2.09. The number of hydrogen-bond acceptors (Lipinski definition) is 5. The molecule has 1 N–H and O–H groups in total. The third-order valence-corrected chi connectivity index (χ3v) is 3.37. The summed E-state index contributed by atoms with van der Waals surface area (Å²) in [5.41, 5.74) is 4.59. The van der Waals surface area contributed by atoms with Crippen LogP contribution in [0.25, 0.3) is 11.1 Å². The minimum absolute atomic E-state index is 0.0253. The third-order valence-electron chi connectivity index (χ3n) is 3.37. The molecular weight excluding hydrogens is 280 g/mol. The van der Waals surface area contributed by atoms with E-state index in [2.05, 4.69) is 10.4 Å². The first-order chi connectivity index (χ1) is 10.7. The molecule has 0 aliphatic rings. The van der Waals surface area contributed by atoms with Crippen molar-refractivity contribution >= 4 is 5.69 Å². The van der Waals surface area contributed by atoms with Gasteiger partial charge in [-0.05, 0) is 54.3 Å². The average Bonchev–Trinajstić information content (AvgIpc) is 2.55. The van der Waals surface area contributed by atoms with Gasteiger partial charge in [0.2, 0.25) is 0 Å². The lowest BCUT2D eigenvalue weighted by atomic mass is 9.99. The number of methoxy groups -OCH3 is 1. The van der Waals surface area contributed by atoms with Crippen LogP contribution in [0.3, 0.4) is 0 Å². The molecule has 0 aliphatic heterocycles. The smallest absolute Gasteiger partial charge is 0.147 e. The van der Waals surface area contributed by atoms with E-state index in [0.717, 1.165) is 22.3 Å². The van der Waals surface area contributed by atoms with Gasteiger partial charge in [-0.25, -0.2) is 0 Å². The molecule has 0 heterocycles. The summed E-state index contributed by atoms with van der Waals surface area (Å²) in [7, 11) is 1.59. The normalized spacial score (nSPS) is 10.9. The van der Waals surface area contributed by atoms with Gasteiger partial charge in [-0.15, -0.1) is 5.11 Å². The van der Waals surface area contributed by atoms with Gasteiger partial charge in [-0.2, -0.15) is 0 Å². The molecule has 5 nitrogen and oxygen atoms in total. The highest BCUT2D eigenvalue weighted by atomic mass is 16.6. The molecule has 0 bridgehead atoms. The summed E-state index contributed by atoms with van der Waals surface area (Å²) < 4.78 is 5.36. The SMILES string of the molecule is CCON=Nc1ccc(-c2ccc(C)c(CO)c2)cc1OC. The van der Waals surface area contributed by atoms with Gasteiger partial charge in [0.25, 0.3) is 0 Å². The highest BCUT2D eigenvalue weighted by Crippen LogP contribution is 2.33. The lowest BCUT2D eigenvalue weighted by Gasteiger charge is -2.10. The van der Waals surface area contributed by atoms with E-state index in [9.17, 15) is 5.11 Å². The predicted molar refractivity (Wildman–Crippen MR) is 85.2 cm³/mol. The number of ether oxygens (including phenoxy) is 1. The summed E-state index contributed by atoms with van der Waals surface area (Å²) >= 11 is 0. The van der Waals surface area contributed by atoms with Gasteiger partial charge in [0.15, 0.2) is 0 Å². The predicted octanol–water partition coefficient (Wildman–Crippen LogP) is 4.20. The van der Waals surface area contributed by atoms with Crippen LogP contribution in [0.1, 0.15) is 18.1 Å². The standard InChI is InChI=1S/C17H20N2O3/c1-4-22-19-18-16-8-7-14(10-17(16)21-3)13-6-5-12(2)15(9-13)11-20/h5-10,20H,4,11H2,1-3H3. The fraction of sp³-hybridized carbons (Fsp3) is 0.294. The molecule has 0 radical (unpaired) electrons. The molecular formula is C17H20N2O3. The van der Waals surface area contributed by atoms with E-state index >= 15 is 0 Å². The zero-order valence-corrected chi connectivity index (χ0v) is 13.0. The Morgan fingerprint density at radius 3 is 2.50 bits per heavy atom. The van der Waals surface area contributed by atoms with Crippen molar-refractivity contribution in [3.05, 3.63) is 47.5 Å². The van der Waals surface area contributed by atoms with Crippen LogP contribution >= 0.6 is 0 Å². The number of aryl methyl sites for hydroxylation is 1. The van der Waals surface area contributed by atoms with Crippen LogP contribution in [0.5, 0.6) is 5.75 Å². The summed E-state index contributed by atoms with van der Waals surface area (Å²) in [6, 6.07) is 11.7. The Balaban J connectivity index is 2.37. The second-order valence-corrected chi connectivity index (χ2v) is 4.79. The Morgan fingerprint density at radius 2 is 1.82 bits per heavy atom. The van der Waals surface area contributed by atoms with Crippen molar-refractivity contribution in [1.29, 1.82) is 0 Å². The topological polar surface area (TPSA) is 63.4 Å². The molecule has 22 heavy (non-hydrogen) atoms. The fourth-order valence-electron chi connectivity index (χ4n) is 2.09. The Kier molecular flexibility index (Phi) is 5.49. The van der Waals surface area contributed by atoms with Crippen molar-refractivity contribution in [2.24, 2.45) is 10.4 Å². The van der Waals surface area contributed by atoms with Crippen molar-refractivity contribution in [3.63, 3.8) is 0 Å². The van der Waals surface area contributed by atoms with Crippen LogP contribution in [-0.4, -0.2) is 18.8 Å². The first-order valence-corrected chi connectivity index (χ1v) is 7.11. The molecule has 2 aromatic carbocycles. The van der Waals surface area contributed by atoms with Crippen molar-refractivity contribution < 1.29 is 14.7 Å². The van der Waals surface area contributed by atoms with Crippen LogP contribution in [0, 0.1) is 6.92 Å². The van der Waals surface area contributed by atoms with E-state index in [4.69, 9.17) is 9.57 Å². The molecule has 0 aromatic heterocycles. The first kappa shape index (κ1) is 16.0. The van der Waals surface area contributed by atoms with Crippen molar-refractivity contribution in [1.82, 2.24) is 0 Å². The first-order valence-electron chi connectivity index (χ1n) is 7.11. The van der Waals surface area contributed by atoms with Crippen LogP contribution in [0.4, 0.5) is 5.69 Å². The summed E-state index contributed by atoms with van der Waals surface area (Å²) in [6.45, 7) is 4.32. The highest BCUT2D eigenvalue weighted by molar-refractivity contribution is 5.70. The van der Waals surface area contributed by atoms with Crippen LogP contribution < -0.4 is 4.74 Å². The molecule has 0 atom stereocenters. The van der Waals surface area contributed by atoms with Crippen molar-refractivity contribution in [2.45, 2.75) is 20.5 Å². The minimum Gasteiger partial charge on any atom is -0.494 e. The third kappa shape index (κ3) is 3.62. The Labute approximate surface area is 130 Å². The molecule has 0 unspecified atom stereocenters. The minimum atomic E-state index is 0.0253. The van der Waals surface area contributed by atoms with E-state index in [1.807, 2.05) is 50.2 Å². The lowest BCUT2D eigenvalue weighted by molar-refractivity contribution is 0.139. The Hall–Kier alpha value is -2.40. The highest BCUT2D eigenvalue weighted by Gasteiger charge is 2.07. The molecule has 0 saturated heterocycles. The van der Waals surface area contributed by atoms with E-state index in [0.29, 0.717) is 18.0 Å². The van der Waals surface area contributed by atoms with Crippen LogP contribution in [-0.2, 0) is 11.4 Å². The molecule has 0 fully saturated rings. The van der Waals surface area contributed by atoms with E-state index in [1.54, 1.807) is 7.11 Å². The second kappa shape index (κ2) is 7.56.